The van der Waals surface area contributed by atoms with Crippen molar-refractivity contribution in [3.8, 4) is 5.75 Å². The van der Waals surface area contributed by atoms with Crippen molar-refractivity contribution in [2.24, 2.45) is 0 Å². The highest BCUT2D eigenvalue weighted by Gasteiger charge is 2.10. The fourth-order valence-corrected chi connectivity index (χ4v) is 2.00. The van der Waals surface area contributed by atoms with Crippen molar-refractivity contribution < 1.29 is 23.5 Å². The number of hydrogen-bond acceptors (Lipinski definition) is 4. The normalized spacial score (nSPS) is 10.1. The Labute approximate surface area is 143 Å². The minimum Gasteiger partial charge on any atom is -0.479 e. The number of rotatable bonds is 7. The molecule has 0 aromatic heterocycles. The topological polar surface area (TPSA) is 64.6 Å². The van der Waals surface area contributed by atoms with Crippen molar-refractivity contribution in [3.63, 3.8) is 0 Å². The van der Waals surface area contributed by atoms with E-state index in [0.29, 0.717) is 5.02 Å². The van der Waals surface area contributed by atoms with Crippen LogP contribution in [0.5, 0.6) is 5.75 Å². The fraction of sp³-hybridized carbons (Fsp3) is 0.176. The lowest BCUT2D eigenvalue weighted by Gasteiger charge is -2.08. The molecule has 7 heteroatoms. The summed E-state index contributed by atoms with van der Waals surface area (Å²) in [5.41, 5.74) is 0.824. The highest BCUT2D eigenvalue weighted by Crippen LogP contribution is 2.15. The number of amides is 1. The summed E-state index contributed by atoms with van der Waals surface area (Å²) in [6, 6.07) is 12.7. The van der Waals surface area contributed by atoms with Crippen molar-refractivity contribution >= 4 is 23.5 Å². The molecule has 2 rings (SSSR count). The highest BCUT2D eigenvalue weighted by atomic mass is 35.5. The van der Waals surface area contributed by atoms with Crippen LogP contribution in [0.3, 0.4) is 0 Å². The van der Waals surface area contributed by atoms with Gasteiger partial charge in [-0.2, -0.15) is 0 Å². The molecular weight excluding hydrogens is 337 g/mol. The van der Waals surface area contributed by atoms with E-state index in [4.69, 9.17) is 21.1 Å². The van der Waals surface area contributed by atoms with Crippen molar-refractivity contribution in [2.45, 2.75) is 6.54 Å². The largest absolute Gasteiger partial charge is 0.479 e. The van der Waals surface area contributed by atoms with Gasteiger partial charge < -0.3 is 14.8 Å². The summed E-state index contributed by atoms with van der Waals surface area (Å²) in [6.07, 6.45) is 0. The summed E-state index contributed by atoms with van der Waals surface area (Å²) in [6.45, 7) is -0.662. The smallest absolute Gasteiger partial charge is 0.344 e. The zero-order chi connectivity index (χ0) is 17.4. The third kappa shape index (κ3) is 5.89. The molecule has 1 N–H and O–H groups in total. The Bertz CT molecular complexity index is 723. The van der Waals surface area contributed by atoms with Gasteiger partial charge in [-0.1, -0.05) is 35.9 Å². The van der Waals surface area contributed by atoms with E-state index in [1.54, 1.807) is 30.3 Å². The summed E-state index contributed by atoms with van der Waals surface area (Å²) in [7, 11) is 0. The molecule has 0 atom stereocenters. The molecule has 0 aliphatic rings. The summed E-state index contributed by atoms with van der Waals surface area (Å²) in [5.74, 6) is -1.87. The molecule has 0 bridgehead atoms. The lowest BCUT2D eigenvalue weighted by Crippen LogP contribution is -2.29. The molecule has 1 amide bonds. The predicted octanol–water partition coefficient (Wildman–Crippen LogP) is 2.72. The summed E-state index contributed by atoms with van der Waals surface area (Å²) in [4.78, 5) is 23.1. The lowest BCUT2D eigenvalue weighted by atomic mass is 10.2. The third-order valence-electron chi connectivity index (χ3n) is 2.93. The number of ether oxygens (including phenoxy) is 2. The van der Waals surface area contributed by atoms with Crippen molar-refractivity contribution in [3.05, 3.63) is 64.9 Å². The number of nitrogens with one attached hydrogen (secondary N) is 1. The third-order valence-corrected chi connectivity index (χ3v) is 3.16. The van der Waals surface area contributed by atoms with E-state index in [9.17, 15) is 14.0 Å². The molecule has 2 aromatic rings. The van der Waals surface area contributed by atoms with Gasteiger partial charge in [-0.3, -0.25) is 4.79 Å². The van der Waals surface area contributed by atoms with Crippen LogP contribution in [0.25, 0.3) is 0 Å². The Morgan fingerprint density at radius 1 is 1.08 bits per heavy atom. The first kappa shape index (κ1) is 17.7. The highest BCUT2D eigenvalue weighted by molar-refractivity contribution is 6.30. The van der Waals surface area contributed by atoms with E-state index in [-0.39, 0.29) is 12.3 Å². The minimum atomic E-state index is -0.767. The van der Waals surface area contributed by atoms with Crippen LogP contribution in [0.2, 0.25) is 5.02 Å². The average molecular weight is 352 g/mol. The maximum atomic E-state index is 13.3. The molecule has 24 heavy (non-hydrogen) atoms. The molecule has 126 valence electrons. The molecule has 0 aliphatic heterocycles. The van der Waals surface area contributed by atoms with E-state index in [1.165, 1.54) is 18.2 Å². The van der Waals surface area contributed by atoms with Crippen molar-refractivity contribution in [1.29, 1.82) is 0 Å². The monoisotopic (exact) mass is 351 g/mol. The van der Waals surface area contributed by atoms with Gasteiger partial charge in [0.25, 0.3) is 5.91 Å². The number of para-hydroxylation sites is 1. The second-order valence-corrected chi connectivity index (χ2v) is 5.22. The van der Waals surface area contributed by atoms with Gasteiger partial charge in [0.05, 0.1) is 0 Å². The fourth-order valence-electron chi connectivity index (χ4n) is 1.78. The second kappa shape index (κ2) is 8.88. The van der Waals surface area contributed by atoms with Crippen LogP contribution in [-0.2, 0) is 20.9 Å². The Morgan fingerprint density at radius 3 is 2.62 bits per heavy atom. The maximum absolute atomic E-state index is 13.3. The van der Waals surface area contributed by atoms with Crippen LogP contribution < -0.4 is 10.1 Å². The van der Waals surface area contributed by atoms with Gasteiger partial charge in [-0.05, 0) is 29.8 Å². The molecular formula is C17H15ClFNO4. The number of carbonyl (C=O) groups is 2. The molecule has 0 heterocycles. The molecule has 0 spiro atoms. The number of hydrogen-bond donors (Lipinski definition) is 1. The first-order valence-electron chi connectivity index (χ1n) is 7.08. The summed E-state index contributed by atoms with van der Waals surface area (Å²) < 4.78 is 23.0. The van der Waals surface area contributed by atoms with Gasteiger partial charge in [0.2, 0.25) is 0 Å². The van der Waals surface area contributed by atoms with Crippen LogP contribution in [-0.4, -0.2) is 25.1 Å². The predicted molar refractivity (Wildman–Crippen MR) is 86.2 cm³/mol. The lowest BCUT2D eigenvalue weighted by molar-refractivity contribution is -0.150. The summed E-state index contributed by atoms with van der Waals surface area (Å²) >= 11 is 5.84. The Hall–Kier alpha value is -2.60. The van der Waals surface area contributed by atoms with Gasteiger partial charge in [0.1, 0.15) is 0 Å². The SMILES string of the molecule is O=C(COC(=O)COc1ccccc1F)NCc1cccc(Cl)c1. The Balaban J connectivity index is 1.68. The number of halogens is 2. The van der Waals surface area contributed by atoms with Crippen molar-refractivity contribution in [2.75, 3.05) is 13.2 Å². The second-order valence-electron chi connectivity index (χ2n) is 4.79. The maximum Gasteiger partial charge on any atom is 0.344 e. The van der Waals surface area contributed by atoms with E-state index in [0.717, 1.165) is 5.56 Å². The molecule has 0 unspecified atom stereocenters. The van der Waals surface area contributed by atoms with E-state index in [2.05, 4.69) is 5.32 Å². The molecule has 0 fully saturated rings. The van der Waals surface area contributed by atoms with Crippen LogP contribution in [0.4, 0.5) is 4.39 Å². The summed E-state index contributed by atoms with van der Waals surface area (Å²) in [5, 5.41) is 3.16. The number of esters is 1. The first-order chi connectivity index (χ1) is 11.5. The van der Waals surface area contributed by atoms with Crippen LogP contribution in [0.15, 0.2) is 48.5 Å². The van der Waals surface area contributed by atoms with Gasteiger partial charge in [-0.25, -0.2) is 9.18 Å². The average Bonchev–Trinajstić information content (AvgIpc) is 2.57. The van der Waals surface area contributed by atoms with Crippen LogP contribution in [0.1, 0.15) is 5.56 Å². The van der Waals surface area contributed by atoms with Crippen LogP contribution >= 0.6 is 11.6 Å². The molecule has 2 aromatic carbocycles. The number of benzene rings is 2. The minimum absolute atomic E-state index is 0.0557. The van der Waals surface area contributed by atoms with E-state index < -0.39 is 30.9 Å². The Morgan fingerprint density at radius 2 is 1.88 bits per heavy atom. The molecule has 5 nitrogen and oxygen atoms in total. The van der Waals surface area contributed by atoms with Gasteiger partial charge >= 0.3 is 5.97 Å². The zero-order valence-electron chi connectivity index (χ0n) is 12.6. The standard InChI is InChI=1S/C17H15ClFNO4/c18-13-5-3-4-12(8-13)9-20-16(21)10-24-17(22)11-23-15-7-2-1-6-14(15)19/h1-8H,9-11H2,(H,20,21). The quantitative estimate of drug-likeness (QED) is 0.779. The van der Waals surface area contributed by atoms with Gasteiger partial charge in [0, 0.05) is 11.6 Å². The zero-order valence-corrected chi connectivity index (χ0v) is 13.4. The van der Waals surface area contributed by atoms with Crippen molar-refractivity contribution in [1.82, 2.24) is 5.32 Å². The molecule has 0 aliphatic carbocycles. The van der Waals surface area contributed by atoms with Gasteiger partial charge in [0.15, 0.2) is 24.8 Å². The van der Waals surface area contributed by atoms with Gasteiger partial charge in [-0.15, -0.1) is 0 Å². The Kier molecular flexibility index (Phi) is 6.57. The van der Waals surface area contributed by atoms with Crippen LogP contribution in [0, 0.1) is 5.82 Å². The molecule has 0 radical (unpaired) electrons. The molecule has 0 saturated heterocycles. The molecule has 0 saturated carbocycles. The van der Waals surface area contributed by atoms with E-state index >= 15 is 0 Å². The number of carbonyl (C=O) groups excluding carboxylic acids is 2. The van der Waals surface area contributed by atoms with E-state index in [1.807, 2.05) is 0 Å². The first-order valence-corrected chi connectivity index (χ1v) is 7.46.